The number of phenolic OH excluding ortho intramolecular Hbond substituents is 2. The Morgan fingerprint density at radius 3 is 1.95 bits per heavy atom. The first kappa shape index (κ1) is 30.1. The van der Waals surface area contributed by atoms with Crippen LogP contribution < -0.4 is 10.2 Å². The Morgan fingerprint density at radius 2 is 1.33 bits per heavy atom. The van der Waals surface area contributed by atoms with Crippen LogP contribution in [0.25, 0.3) is 22.3 Å². The van der Waals surface area contributed by atoms with Gasteiger partial charge in [0.25, 0.3) is 0 Å². The molecule has 2 aromatic carbocycles. The second kappa shape index (κ2) is 11.7. The predicted molar refractivity (Wildman–Crippen MR) is 138 cm³/mol. The molecule has 0 bridgehead atoms. The fourth-order valence-corrected chi connectivity index (χ4v) is 5.06. The van der Waals surface area contributed by atoms with E-state index >= 15 is 0 Å². The number of aliphatic hydroxyl groups excluding tert-OH is 8. The third kappa shape index (κ3) is 5.20. The Labute approximate surface area is 236 Å². The van der Waals surface area contributed by atoms with E-state index in [9.17, 15) is 55.9 Å². The Bertz CT molecular complexity index is 1470. The summed E-state index contributed by atoms with van der Waals surface area (Å²) < 4.78 is 22.0. The molecule has 2 aliphatic rings. The molecule has 0 radical (unpaired) electrons. The summed E-state index contributed by atoms with van der Waals surface area (Å²) >= 11 is 0. The van der Waals surface area contributed by atoms with Gasteiger partial charge in [-0.25, -0.2) is 0 Å². The molecule has 0 aliphatic carbocycles. The lowest BCUT2D eigenvalue weighted by Gasteiger charge is -2.40. The predicted octanol–water partition coefficient (Wildman–Crippen LogP) is -2.44. The summed E-state index contributed by atoms with van der Waals surface area (Å²) in [5.41, 5.74) is -1.07. The Morgan fingerprint density at radius 1 is 0.738 bits per heavy atom. The summed E-state index contributed by atoms with van der Waals surface area (Å²) in [5, 5.41) is 101. The number of hydrogen-bond donors (Lipinski definition) is 10. The van der Waals surface area contributed by atoms with E-state index in [1.165, 1.54) is 24.3 Å². The lowest BCUT2D eigenvalue weighted by Crippen LogP contribution is -2.60. The molecule has 1 aromatic heterocycles. The van der Waals surface area contributed by atoms with Crippen LogP contribution in [0.15, 0.2) is 45.6 Å². The van der Waals surface area contributed by atoms with Crippen LogP contribution in [0.4, 0.5) is 0 Å². The van der Waals surface area contributed by atoms with Gasteiger partial charge in [0.2, 0.25) is 6.29 Å². The molecule has 15 nitrogen and oxygen atoms in total. The molecule has 42 heavy (non-hydrogen) atoms. The standard InChI is InChI=1S/C27H30O15/c28-7-15-19(32)22(35)24(37)26(41-15)18-12(31)6-14-17(21(18)34)11(30)5-13(40-14)9-1-3-10(4-2-9)39-27-25(38)23(36)20(33)16(8-29)42-27/h1-6,15-16,19-20,22-29,31-38H,7-8H2/t15?,16?,19-,20-,22+,23+,24?,25?,26+,27-/m1/s1. The number of benzene rings is 2. The number of aliphatic hydroxyl groups is 8. The number of aromatic hydroxyl groups is 2. The molecular formula is C27H30O15. The van der Waals surface area contributed by atoms with Crippen molar-refractivity contribution in [3.8, 4) is 28.6 Å². The monoisotopic (exact) mass is 594 g/mol. The molecule has 10 atom stereocenters. The highest BCUT2D eigenvalue weighted by Gasteiger charge is 2.46. The van der Waals surface area contributed by atoms with Crippen molar-refractivity contribution in [2.45, 2.75) is 61.2 Å². The first-order chi connectivity index (χ1) is 20.0. The van der Waals surface area contributed by atoms with Gasteiger partial charge in [-0.05, 0) is 24.3 Å². The minimum Gasteiger partial charge on any atom is -0.507 e. The van der Waals surface area contributed by atoms with Crippen molar-refractivity contribution < 1.29 is 69.7 Å². The van der Waals surface area contributed by atoms with E-state index in [2.05, 4.69) is 0 Å². The molecule has 2 saturated heterocycles. The van der Waals surface area contributed by atoms with Crippen molar-refractivity contribution in [3.05, 3.63) is 52.2 Å². The zero-order valence-corrected chi connectivity index (χ0v) is 21.7. The topological polar surface area (TPSA) is 260 Å². The maximum absolute atomic E-state index is 13.1. The molecule has 15 heteroatoms. The third-order valence-corrected chi connectivity index (χ3v) is 7.43. The van der Waals surface area contributed by atoms with Gasteiger partial charge < -0.3 is 69.7 Å². The molecule has 5 rings (SSSR count). The fourth-order valence-electron chi connectivity index (χ4n) is 5.06. The summed E-state index contributed by atoms with van der Waals surface area (Å²) in [6.45, 7) is -1.37. The van der Waals surface area contributed by atoms with Gasteiger partial charge in [-0.2, -0.15) is 0 Å². The molecule has 228 valence electrons. The number of fused-ring (bicyclic) bond motifs is 1. The van der Waals surface area contributed by atoms with Crippen LogP contribution in [0.2, 0.25) is 0 Å². The molecule has 0 saturated carbocycles. The van der Waals surface area contributed by atoms with E-state index in [0.29, 0.717) is 5.56 Å². The number of hydrogen-bond acceptors (Lipinski definition) is 15. The van der Waals surface area contributed by atoms with Crippen LogP contribution >= 0.6 is 0 Å². The molecule has 10 N–H and O–H groups in total. The minimum atomic E-state index is -1.83. The van der Waals surface area contributed by atoms with Gasteiger partial charge in [-0.1, -0.05) is 0 Å². The second-order valence-corrected chi connectivity index (χ2v) is 10.1. The van der Waals surface area contributed by atoms with Crippen molar-refractivity contribution >= 4 is 11.0 Å². The summed E-state index contributed by atoms with van der Waals surface area (Å²) in [4.78, 5) is 13.1. The van der Waals surface area contributed by atoms with Crippen molar-refractivity contribution in [2.24, 2.45) is 0 Å². The Hall–Kier alpha value is -3.35. The van der Waals surface area contributed by atoms with Crippen LogP contribution in [0.1, 0.15) is 11.7 Å². The lowest BCUT2D eigenvalue weighted by molar-refractivity contribution is -0.277. The van der Waals surface area contributed by atoms with E-state index in [1.807, 2.05) is 0 Å². The third-order valence-electron chi connectivity index (χ3n) is 7.43. The van der Waals surface area contributed by atoms with Crippen molar-refractivity contribution in [1.82, 2.24) is 0 Å². The first-order valence-corrected chi connectivity index (χ1v) is 12.9. The van der Waals surface area contributed by atoms with Crippen molar-refractivity contribution in [2.75, 3.05) is 13.2 Å². The van der Waals surface area contributed by atoms with Gasteiger partial charge in [0.05, 0.1) is 18.8 Å². The van der Waals surface area contributed by atoms with Gasteiger partial charge in [0.1, 0.15) is 88.9 Å². The number of ether oxygens (including phenoxy) is 3. The van der Waals surface area contributed by atoms with E-state index < -0.39 is 96.9 Å². The summed E-state index contributed by atoms with van der Waals surface area (Å²) in [6, 6.07) is 7.88. The van der Waals surface area contributed by atoms with Crippen LogP contribution in [-0.4, -0.2) is 119 Å². The van der Waals surface area contributed by atoms with Crippen molar-refractivity contribution in [1.29, 1.82) is 0 Å². The maximum Gasteiger partial charge on any atom is 0.229 e. The molecule has 3 aromatic rings. The fraction of sp³-hybridized carbons (Fsp3) is 0.444. The Balaban J connectivity index is 1.43. The summed E-state index contributed by atoms with van der Waals surface area (Å²) in [7, 11) is 0. The summed E-state index contributed by atoms with van der Waals surface area (Å²) in [6.07, 6.45) is -15.6. The van der Waals surface area contributed by atoms with Gasteiger partial charge in [-0.3, -0.25) is 4.79 Å². The largest absolute Gasteiger partial charge is 0.507 e. The van der Waals surface area contributed by atoms with E-state index in [0.717, 1.165) is 12.1 Å². The molecule has 2 aliphatic heterocycles. The van der Waals surface area contributed by atoms with E-state index in [-0.39, 0.29) is 22.5 Å². The van der Waals surface area contributed by atoms with Gasteiger partial charge >= 0.3 is 0 Å². The SMILES string of the molecule is O=c1cc(-c2ccc(O[C@@H]3OC(CO)[C@@H](O)[C@H](O)C3O)cc2)oc2cc(O)c([C@@H]3OC(CO)[C@@H](O)[C@H](O)C3O)c(O)c12. The molecule has 0 spiro atoms. The highest BCUT2D eigenvalue weighted by Crippen LogP contribution is 2.44. The van der Waals surface area contributed by atoms with Crippen molar-refractivity contribution in [3.63, 3.8) is 0 Å². The average molecular weight is 595 g/mol. The second-order valence-electron chi connectivity index (χ2n) is 10.1. The average Bonchev–Trinajstić information content (AvgIpc) is 2.97. The highest BCUT2D eigenvalue weighted by molar-refractivity contribution is 5.88. The van der Waals surface area contributed by atoms with Crippen LogP contribution in [0.3, 0.4) is 0 Å². The Kier molecular flexibility index (Phi) is 8.41. The molecule has 3 heterocycles. The zero-order chi connectivity index (χ0) is 30.5. The normalized spacial score (nSPS) is 33.5. The molecule has 2 fully saturated rings. The maximum atomic E-state index is 13.1. The van der Waals surface area contributed by atoms with E-state index in [1.54, 1.807) is 0 Å². The van der Waals surface area contributed by atoms with Crippen LogP contribution in [0.5, 0.6) is 17.2 Å². The zero-order valence-electron chi connectivity index (χ0n) is 21.7. The number of phenols is 2. The molecular weight excluding hydrogens is 564 g/mol. The minimum absolute atomic E-state index is 0.0197. The van der Waals surface area contributed by atoms with Crippen LogP contribution in [-0.2, 0) is 9.47 Å². The molecule has 4 unspecified atom stereocenters. The molecule has 0 amide bonds. The van der Waals surface area contributed by atoms with E-state index in [4.69, 9.17) is 18.6 Å². The van der Waals surface area contributed by atoms with Gasteiger partial charge in [-0.15, -0.1) is 0 Å². The van der Waals surface area contributed by atoms with Gasteiger partial charge in [0.15, 0.2) is 5.43 Å². The smallest absolute Gasteiger partial charge is 0.229 e. The highest BCUT2D eigenvalue weighted by atomic mass is 16.7. The quantitative estimate of drug-likeness (QED) is 0.142. The summed E-state index contributed by atoms with van der Waals surface area (Å²) in [5.74, 6) is -1.28. The lowest BCUT2D eigenvalue weighted by atomic mass is 9.89. The van der Waals surface area contributed by atoms with Crippen LogP contribution in [0, 0.1) is 0 Å². The first-order valence-electron chi connectivity index (χ1n) is 12.9. The van der Waals surface area contributed by atoms with Gasteiger partial charge in [0, 0.05) is 17.7 Å². The number of rotatable bonds is 6.